The van der Waals surface area contributed by atoms with Crippen molar-refractivity contribution in [3.8, 4) is 0 Å². The Labute approximate surface area is 162 Å². The maximum atomic E-state index is 12.3. The van der Waals surface area contributed by atoms with E-state index in [1.54, 1.807) is 48.2 Å². The molecular weight excluding hydrogens is 364 g/mol. The van der Waals surface area contributed by atoms with E-state index >= 15 is 0 Å². The van der Waals surface area contributed by atoms with Gasteiger partial charge in [0, 0.05) is 45.2 Å². The van der Waals surface area contributed by atoms with Gasteiger partial charge in [-0.05, 0) is 30.9 Å². The number of carbonyl (C=O) groups is 1. The van der Waals surface area contributed by atoms with Gasteiger partial charge >= 0.3 is 0 Å². The van der Waals surface area contributed by atoms with E-state index in [0.29, 0.717) is 43.2 Å². The summed E-state index contributed by atoms with van der Waals surface area (Å²) >= 11 is 0. The molecule has 0 spiro atoms. The molecule has 1 atom stereocenters. The Morgan fingerprint density at radius 1 is 1.19 bits per heavy atom. The van der Waals surface area contributed by atoms with Crippen LogP contribution < -0.4 is 5.73 Å². The van der Waals surface area contributed by atoms with Gasteiger partial charge < -0.3 is 15.5 Å². The summed E-state index contributed by atoms with van der Waals surface area (Å²) in [6.45, 7) is 5.35. The molecule has 150 valence electrons. The highest BCUT2D eigenvalue weighted by molar-refractivity contribution is 7.90. The molecule has 7 nitrogen and oxygen atoms in total. The molecular formula is C19H30N4O3S. The minimum absolute atomic E-state index is 0.0701. The third kappa shape index (κ3) is 5.29. The fourth-order valence-electron chi connectivity index (χ4n) is 2.93. The number of hydrogen-bond donors (Lipinski definition) is 1. The van der Waals surface area contributed by atoms with Crippen LogP contribution in [0.4, 0.5) is 0 Å². The van der Waals surface area contributed by atoms with Crippen LogP contribution in [-0.4, -0.2) is 63.2 Å². The molecule has 1 aromatic carbocycles. The van der Waals surface area contributed by atoms with Crippen molar-refractivity contribution in [1.29, 1.82) is 0 Å². The van der Waals surface area contributed by atoms with E-state index < -0.39 is 10.0 Å². The Hall–Kier alpha value is -1.93. The molecule has 2 rings (SSSR count). The number of sulfonamides is 1. The van der Waals surface area contributed by atoms with Gasteiger partial charge in [-0.25, -0.2) is 0 Å². The Kier molecular flexibility index (Phi) is 7.00. The minimum atomic E-state index is -3.62. The fraction of sp³-hybridized carbons (Fsp3) is 0.579. The maximum absolute atomic E-state index is 12.3. The second-order valence-corrected chi connectivity index (χ2v) is 9.00. The number of nitrogens with zero attached hydrogens (tertiary/aromatic N) is 3. The normalized spacial score (nSPS) is 16.0. The number of fused-ring (bicyclic) bond motifs is 1. The number of amides is 1. The monoisotopic (exact) mass is 394 g/mol. The first-order chi connectivity index (χ1) is 12.6. The first kappa shape index (κ1) is 21.4. The molecule has 2 N–H and O–H groups in total. The second-order valence-electron chi connectivity index (χ2n) is 7.42. The zero-order valence-electron chi connectivity index (χ0n) is 16.6. The van der Waals surface area contributed by atoms with Gasteiger partial charge in [0.15, 0.2) is 0 Å². The highest BCUT2D eigenvalue weighted by Gasteiger charge is 2.30. The predicted octanol–water partition coefficient (Wildman–Crippen LogP) is 1.68. The van der Waals surface area contributed by atoms with E-state index in [1.807, 2.05) is 0 Å². The molecule has 0 saturated carbocycles. The minimum Gasteiger partial charge on any atom is -0.358 e. The fourth-order valence-corrected chi connectivity index (χ4v) is 4.18. The summed E-state index contributed by atoms with van der Waals surface area (Å²) in [6.07, 6.45) is 1.81. The molecule has 1 unspecified atom stereocenters. The largest absolute Gasteiger partial charge is 0.358 e. The molecule has 1 aromatic rings. The van der Waals surface area contributed by atoms with Crippen molar-refractivity contribution in [2.24, 2.45) is 16.0 Å². The molecule has 27 heavy (non-hydrogen) atoms. The summed E-state index contributed by atoms with van der Waals surface area (Å²) in [5.74, 6) is 0.906. The molecule has 0 fully saturated rings. The van der Waals surface area contributed by atoms with Crippen molar-refractivity contribution in [2.45, 2.75) is 44.0 Å². The molecule has 1 heterocycles. The van der Waals surface area contributed by atoms with Crippen LogP contribution in [0.1, 0.15) is 38.7 Å². The quantitative estimate of drug-likeness (QED) is 0.724. The predicted molar refractivity (Wildman–Crippen MR) is 107 cm³/mol. The lowest BCUT2D eigenvalue weighted by molar-refractivity contribution is -0.130. The molecule has 0 aromatic heterocycles. The SMILES string of the molecule is CC(C)C(N)CCN(C)C(=O)CCCN(C)C1=NS(=O)(=O)c2ccccc21. The second kappa shape index (κ2) is 8.84. The molecule has 0 bridgehead atoms. The van der Waals surface area contributed by atoms with E-state index in [0.717, 1.165) is 6.42 Å². The van der Waals surface area contributed by atoms with E-state index in [1.165, 1.54) is 0 Å². The third-order valence-corrected chi connectivity index (χ3v) is 6.26. The molecule has 1 aliphatic rings. The van der Waals surface area contributed by atoms with Crippen LogP contribution in [0.3, 0.4) is 0 Å². The first-order valence-electron chi connectivity index (χ1n) is 9.28. The molecule has 0 saturated heterocycles. The lowest BCUT2D eigenvalue weighted by Gasteiger charge is -2.22. The lowest BCUT2D eigenvalue weighted by Crippen LogP contribution is -2.35. The Morgan fingerprint density at radius 2 is 1.85 bits per heavy atom. The Bertz CT molecular complexity index is 805. The molecule has 0 aliphatic carbocycles. The topological polar surface area (TPSA) is 96.1 Å². The van der Waals surface area contributed by atoms with Crippen LogP contribution >= 0.6 is 0 Å². The maximum Gasteiger partial charge on any atom is 0.285 e. The van der Waals surface area contributed by atoms with Gasteiger partial charge in [0.1, 0.15) is 10.7 Å². The Balaban J connectivity index is 1.85. The Morgan fingerprint density at radius 3 is 2.52 bits per heavy atom. The molecule has 1 aliphatic heterocycles. The summed E-state index contributed by atoms with van der Waals surface area (Å²) in [4.78, 5) is 16.0. The van der Waals surface area contributed by atoms with E-state index in [2.05, 4.69) is 18.2 Å². The van der Waals surface area contributed by atoms with Crippen molar-refractivity contribution in [3.05, 3.63) is 29.8 Å². The van der Waals surface area contributed by atoms with Crippen LogP contribution in [0, 0.1) is 5.92 Å². The van der Waals surface area contributed by atoms with Crippen LogP contribution in [0.25, 0.3) is 0 Å². The van der Waals surface area contributed by atoms with Gasteiger partial charge in [-0.1, -0.05) is 26.0 Å². The highest BCUT2D eigenvalue weighted by atomic mass is 32.2. The number of amidine groups is 1. The lowest BCUT2D eigenvalue weighted by atomic mass is 10.0. The average molecular weight is 395 g/mol. The van der Waals surface area contributed by atoms with Gasteiger partial charge in [-0.15, -0.1) is 4.40 Å². The highest BCUT2D eigenvalue weighted by Crippen LogP contribution is 2.27. The molecule has 1 amide bonds. The van der Waals surface area contributed by atoms with Crippen LogP contribution in [0.5, 0.6) is 0 Å². The van der Waals surface area contributed by atoms with E-state index in [9.17, 15) is 13.2 Å². The first-order valence-corrected chi connectivity index (χ1v) is 10.7. The summed E-state index contributed by atoms with van der Waals surface area (Å²) in [7, 11) is -0.0254. The van der Waals surface area contributed by atoms with Gasteiger partial charge in [-0.3, -0.25) is 4.79 Å². The van der Waals surface area contributed by atoms with Gasteiger partial charge in [0.25, 0.3) is 10.0 Å². The van der Waals surface area contributed by atoms with Gasteiger partial charge in [-0.2, -0.15) is 8.42 Å². The number of rotatable bonds is 8. The zero-order valence-corrected chi connectivity index (χ0v) is 17.4. The number of benzene rings is 1. The number of carbonyl (C=O) groups excluding carboxylic acids is 1. The van der Waals surface area contributed by atoms with Gasteiger partial charge in [0.05, 0.1) is 0 Å². The van der Waals surface area contributed by atoms with Crippen LogP contribution in [0.2, 0.25) is 0 Å². The zero-order chi connectivity index (χ0) is 20.2. The van der Waals surface area contributed by atoms with Crippen molar-refractivity contribution >= 4 is 21.8 Å². The molecule has 8 heteroatoms. The molecule has 0 radical (unpaired) electrons. The number of hydrogen-bond acceptors (Lipinski definition) is 5. The van der Waals surface area contributed by atoms with Crippen molar-refractivity contribution < 1.29 is 13.2 Å². The smallest absolute Gasteiger partial charge is 0.285 e. The van der Waals surface area contributed by atoms with Gasteiger partial charge in [0.2, 0.25) is 5.91 Å². The summed E-state index contributed by atoms with van der Waals surface area (Å²) in [6, 6.07) is 6.90. The van der Waals surface area contributed by atoms with E-state index in [-0.39, 0.29) is 16.8 Å². The van der Waals surface area contributed by atoms with Crippen molar-refractivity contribution in [1.82, 2.24) is 9.80 Å². The van der Waals surface area contributed by atoms with Crippen molar-refractivity contribution in [2.75, 3.05) is 27.2 Å². The average Bonchev–Trinajstić information content (AvgIpc) is 2.90. The van der Waals surface area contributed by atoms with Crippen molar-refractivity contribution in [3.63, 3.8) is 0 Å². The summed E-state index contributed by atoms with van der Waals surface area (Å²) < 4.78 is 28.1. The number of nitrogens with two attached hydrogens (primary N) is 1. The van der Waals surface area contributed by atoms with Crippen LogP contribution in [0.15, 0.2) is 33.6 Å². The van der Waals surface area contributed by atoms with Crippen LogP contribution in [-0.2, 0) is 14.8 Å². The summed E-state index contributed by atoms with van der Waals surface area (Å²) in [5.41, 5.74) is 6.65. The summed E-state index contributed by atoms with van der Waals surface area (Å²) in [5, 5.41) is 0. The standard InChI is InChI=1S/C19H30N4O3S/c1-14(2)16(20)11-13-22(3)18(24)10-7-12-23(4)19-15-8-5-6-9-17(15)27(25,26)21-19/h5-6,8-9,14,16H,7,10-13,20H2,1-4H3. The third-order valence-electron chi connectivity index (χ3n) is 4.94. The van der Waals surface area contributed by atoms with E-state index in [4.69, 9.17) is 5.73 Å².